The van der Waals surface area contributed by atoms with Gasteiger partial charge in [0.1, 0.15) is 0 Å². The molecule has 0 aromatic heterocycles. The van der Waals surface area contributed by atoms with Crippen molar-refractivity contribution in [2.75, 3.05) is 29.9 Å². The Morgan fingerprint density at radius 1 is 1.11 bits per heavy atom. The third kappa shape index (κ3) is 5.75. The van der Waals surface area contributed by atoms with Crippen molar-refractivity contribution in [3.8, 4) is 0 Å². The third-order valence-electron chi connectivity index (χ3n) is 4.84. The van der Waals surface area contributed by atoms with E-state index in [4.69, 9.17) is 0 Å². The summed E-state index contributed by atoms with van der Waals surface area (Å²) < 4.78 is 0. The minimum Gasteiger partial charge on any atom is -0.370 e. The largest absolute Gasteiger partial charge is 0.370 e. The van der Waals surface area contributed by atoms with Gasteiger partial charge in [-0.1, -0.05) is 51.1 Å². The molecule has 2 aromatic carbocycles. The Morgan fingerprint density at radius 2 is 1.85 bits per heavy atom. The molecule has 0 aliphatic rings. The summed E-state index contributed by atoms with van der Waals surface area (Å²) >= 11 is 0. The zero-order valence-corrected chi connectivity index (χ0v) is 17.3. The van der Waals surface area contributed by atoms with E-state index in [0.29, 0.717) is 12.5 Å². The van der Waals surface area contributed by atoms with E-state index >= 15 is 0 Å². The number of urea groups is 1. The summed E-state index contributed by atoms with van der Waals surface area (Å²) in [5, 5.41) is 6.09. The van der Waals surface area contributed by atoms with Crippen molar-refractivity contribution in [1.29, 1.82) is 0 Å². The van der Waals surface area contributed by atoms with Crippen molar-refractivity contribution in [1.82, 2.24) is 5.32 Å². The van der Waals surface area contributed by atoms with Gasteiger partial charge in [-0.2, -0.15) is 0 Å². The molecule has 146 valence electrons. The molecule has 2 amide bonds. The van der Waals surface area contributed by atoms with Crippen molar-refractivity contribution in [3.63, 3.8) is 0 Å². The van der Waals surface area contributed by atoms with Crippen LogP contribution in [0.4, 0.5) is 16.2 Å². The Bertz CT molecular complexity index is 755. The van der Waals surface area contributed by atoms with E-state index in [1.165, 1.54) is 22.4 Å². The van der Waals surface area contributed by atoms with Gasteiger partial charge in [-0.05, 0) is 55.0 Å². The van der Waals surface area contributed by atoms with Crippen LogP contribution in [-0.4, -0.2) is 25.7 Å². The summed E-state index contributed by atoms with van der Waals surface area (Å²) in [4.78, 5) is 14.7. The van der Waals surface area contributed by atoms with E-state index in [9.17, 15) is 4.79 Å². The van der Waals surface area contributed by atoms with Gasteiger partial charge in [0.25, 0.3) is 0 Å². The molecule has 4 nitrogen and oxygen atoms in total. The first-order valence-corrected chi connectivity index (χ1v) is 9.94. The number of amides is 2. The first-order valence-electron chi connectivity index (χ1n) is 9.94. The number of benzene rings is 2. The zero-order chi connectivity index (χ0) is 19.8. The van der Waals surface area contributed by atoms with E-state index in [1.54, 1.807) is 0 Å². The minimum atomic E-state index is -0.141. The molecule has 0 fully saturated rings. The third-order valence-corrected chi connectivity index (χ3v) is 4.84. The monoisotopic (exact) mass is 367 g/mol. The van der Waals surface area contributed by atoms with Crippen molar-refractivity contribution in [2.45, 2.75) is 47.0 Å². The molecular weight excluding hydrogens is 334 g/mol. The molecule has 0 atom stereocenters. The second-order valence-corrected chi connectivity index (χ2v) is 7.19. The Kier molecular flexibility index (Phi) is 7.71. The Morgan fingerprint density at radius 3 is 2.48 bits per heavy atom. The van der Waals surface area contributed by atoms with Crippen LogP contribution < -0.4 is 15.5 Å². The van der Waals surface area contributed by atoms with Gasteiger partial charge in [0.2, 0.25) is 0 Å². The molecule has 0 aliphatic heterocycles. The lowest BCUT2D eigenvalue weighted by Gasteiger charge is -2.24. The van der Waals surface area contributed by atoms with Gasteiger partial charge in [-0.25, -0.2) is 4.79 Å². The van der Waals surface area contributed by atoms with Gasteiger partial charge in [-0.3, -0.25) is 0 Å². The molecule has 0 radical (unpaired) electrons. The molecule has 0 aliphatic carbocycles. The van der Waals surface area contributed by atoms with Crippen molar-refractivity contribution in [3.05, 3.63) is 59.2 Å². The maximum atomic E-state index is 12.5. The highest BCUT2D eigenvalue weighted by molar-refractivity contribution is 5.91. The lowest BCUT2D eigenvalue weighted by molar-refractivity contribution is 0.252. The molecule has 0 saturated carbocycles. The van der Waals surface area contributed by atoms with Crippen LogP contribution in [0.2, 0.25) is 0 Å². The number of nitrogens with one attached hydrogen (secondary N) is 2. The number of carbonyl (C=O) groups excluding carboxylic acids is 1. The van der Waals surface area contributed by atoms with Crippen LogP contribution in [0.15, 0.2) is 42.5 Å². The number of aryl methyl sites for hydroxylation is 2. The molecule has 0 heterocycles. The summed E-state index contributed by atoms with van der Waals surface area (Å²) in [6.07, 6.45) is 0.896. The van der Waals surface area contributed by atoms with Gasteiger partial charge >= 0.3 is 6.03 Å². The lowest BCUT2D eigenvalue weighted by Crippen LogP contribution is -2.37. The van der Waals surface area contributed by atoms with E-state index < -0.39 is 0 Å². The Balaban J connectivity index is 1.97. The highest BCUT2D eigenvalue weighted by atomic mass is 16.2. The average molecular weight is 368 g/mol. The predicted octanol–water partition coefficient (Wildman–Crippen LogP) is 5.33. The minimum absolute atomic E-state index is 0.141. The Labute approximate surface area is 164 Å². The molecular formula is C23H33N3O. The van der Waals surface area contributed by atoms with Crippen LogP contribution in [0.3, 0.4) is 0 Å². The van der Waals surface area contributed by atoms with Crippen molar-refractivity contribution in [2.24, 2.45) is 0 Å². The standard InChI is InChI=1S/C23H33N3O/c1-6-19-11-9-13-21(17(3)4)22(19)25-23(27)24-14-15-26(7-2)20-12-8-10-18(5)16-20/h8-13,16-17H,6-7,14-15H2,1-5H3,(H2,24,25,27). The summed E-state index contributed by atoms with van der Waals surface area (Å²) in [6, 6.07) is 14.6. The molecule has 2 N–H and O–H groups in total. The quantitative estimate of drug-likeness (QED) is 0.662. The zero-order valence-electron chi connectivity index (χ0n) is 17.3. The van der Waals surface area contributed by atoms with Crippen LogP contribution in [-0.2, 0) is 6.42 Å². The molecule has 4 heteroatoms. The molecule has 2 rings (SSSR count). The van der Waals surface area contributed by atoms with Gasteiger partial charge < -0.3 is 15.5 Å². The van der Waals surface area contributed by atoms with Gasteiger partial charge in [0.15, 0.2) is 0 Å². The Hall–Kier alpha value is -2.49. The van der Waals surface area contributed by atoms with Crippen molar-refractivity contribution < 1.29 is 4.79 Å². The van der Waals surface area contributed by atoms with Crippen LogP contribution >= 0.6 is 0 Å². The summed E-state index contributed by atoms with van der Waals surface area (Å²) in [6.45, 7) is 12.9. The number of para-hydroxylation sites is 1. The second kappa shape index (κ2) is 10.0. The number of hydrogen-bond donors (Lipinski definition) is 2. The SMILES string of the molecule is CCc1cccc(C(C)C)c1NC(=O)NCCN(CC)c1cccc(C)c1. The fourth-order valence-electron chi connectivity index (χ4n) is 3.30. The highest BCUT2D eigenvalue weighted by Crippen LogP contribution is 2.28. The number of hydrogen-bond acceptors (Lipinski definition) is 2. The van der Waals surface area contributed by atoms with Crippen LogP contribution in [0, 0.1) is 6.92 Å². The number of anilines is 2. The maximum Gasteiger partial charge on any atom is 0.319 e. The summed E-state index contributed by atoms with van der Waals surface area (Å²) in [5.74, 6) is 0.365. The fourth-order valence-corrected chi connectivity index (χ4v) is 3.30. The van der Waals surface area contributed by atoms with E-state index in [2.05, 4.69) is 92.6 Å². The number of carbonyl (C=O) groups is 1. The highest BCUT2D eigenvalue weighted by Gasteiger charge is 2.13. The normalized spacial score (nSPS) is 10.7. The average Bonchev–Trinajstić information content (AvgIpc) is 2.65. The summed E-state index contributed by atoms with van der Waals surface area (Å²) in [7, 11) is 0. The maximum absolute atomic E-state index is 12.5. The molecule has 0 bridgehead atoms. The van der Waals surface area contributed by atoms with Gasteiger partial charge in [0, 0.05) is 31.0 Å². The number of rotatable bonds is 8. The van der Waals surface area contributed by atoms with Crippen LogP contribution in [0.5, 0.6) is 0 Å². The van der Waals surface area contributed by atoms with Crippen LogP contribution in [0.1, 0.15) is 50.3 Å². The van der Waals surface area contributed by atoms with E-state index in [0.717, 1.165) is 25.2 Å². The van der Waals surface area contributed by atoms with Crippen molar-refractivity contribution >= 4 is 17.4 Å². The second-order valence-electron chi connectivity index (χ2n) is 7.19. The molecule has 0 unspecified atom stereocenters. The molecule has 27 heavy (non-hydrogen) atoms. The summed E-state index contributed by atoms with van der Waals surface area (Å²) in [5.41, 5.74) is 5.75. The lowest BCUT2D eigenvalue weighted by atomic mass is 9.97. The number of likely N-dealkylation sites (N-methyl/N-ethyl adjacent to an activating group) is 1. The van der Waals surface area contributed by atoms with E-state index in [-0.39, 0.29) is 6.03 Å². The molecule has 2 aromatic rings. The van der Waals surface area contributed by atoms with E-state index in [1.807, 2.05) is 0 Å². The van der Waals surface area contributed by atoms with Gasteiger partial charge in [0.05, 0.1) is 0 Å². The smallest absolute Gasteiger partial charge is 0.319 e. The first-order chi connectivity index (χ1) is 13.0. The van der Waals surface area contributed by atoms with Crippen LogP contribution in [0.25, 0.3) is 0 Å². The molecule has 0 spiro atoms. The molecule has 0 saturated heterocycles. The first kappa shape index (κ1) is 20.8. The fraction of sp³-hybridized carbons (Fsp3) is 0.435. The number of nitrogens with zero attached hydrogens (tertiary/aromatic N) is 1. The van der Waals surface area contributed by atoms with Gasteiger partial charge in [-0.15, -0.1) is 0 Å². The predicted molar refractivity (Wildman–Crippen MR) is 116 cm³/mol. The topological polar surface area (TPSA) is 44.4 Å².